The molecule has 0 heterocycles. The van der Waals surface area contributed by atoms with Crippen LogP contribution in [0.4, 0.5) is 0 Å². The summed E-state index contributed by atoms with van der Waals surface area (Å²) in [5.74, 6) is 0. The molecular weight excluding hydrogens is 164 g/mol. The SMILES string of the molecule is CCC(CN)N(CCCO)C(C)C. The zero-order valence-electron chi connectivity index (χ0n) is 9.16. The third-order valence-corrected chi connectivity index (χ3v) is 2.45. The Kier molecular flexibility index (Phi) is 7.23. The maximum absolute atomic E-state index is 8.77. The van der Waals surface area contributed by atoms with Gasteiger partial charge in [0, 0.05) is 31.8 Å². The summed E-state index contributed by atoms with van der Waals surface area (Å²) in [7, 11) is 0. The van der Waals surface area contributed by atoms with E-state index >= 15 is 0 Å². The van der Waals surface area contributed by atoms with Crippen molar-refractivity contribution >= 4 is 0 Å². The Hall–Kier alpha value is -0.120. The topological polar surface area (TPSA) is 49.5 Å². The standard InChI is InChI=1S/C10H24N2O/c1-4-10(8-11)12(9(2)3)6-5-7-13/h9-10,13H,4-8,11H2,1-3H3. The Morgan fingerprint density at radius 1 is 1.38 bits per heavy atom. The molecule has 0 bridgehead atoms. The molecule has 0 aromatic carbocycles. The molecule has 0 rings (SSSR count). The highest BCUT2D eigenvalue weighted by atomic mass is 16.3. The summed E-state index contributed by atoms with van der Waals surface area (Å²) < 4.78 is 0. The molecule has 1 unspecified atom stereocenters. The van der Waals surface area contributed by atoms with Crippen molar-refractivity contribution in [3.63, 3.8) is 0 Å². The lowest BCUT2D eigenvalue weighted by Crippen LogP contribution is -2.45. The normalized spacial score (nSPS) is 14.1. The summed E-state index contributed by atoms with van der Waals surface area (Å²) in [5, 5.41) is 8.77. The highest BCUT2D eigenvalue weighted by Crippen LogP contribution is 2.08. The number of hydrogen-bond acceptors (Lipinski definition) is 3. The highest BCUT2D eigenvalue weighted by Gasteiger charge is 2.17. The molecule has 0 radical (unpaired) electrons. The fourth-order valence-electron chi connectivity index (χ4n) is 1.65. The minimum absolute atomic E-state index is 0.268. The van der Waals surface area contributed by atoms with Crippen LogP contribution in [0.5, 0.6) is 0 Å². The Bertz CT molecular complexity index is 113. The second kappa shape index (κ2) is 7.30. The minimum atomic E-state index is 0.268. The van der Waals surface area contributed by atoms with E-state index in [1.54, 1.807) is 0 Å². The zero-order valence-corrected chi connectivity index (χ0v) is 9.16. The fourth-order valence-corrected chi connectivity index (χ4v) is 1.65. The number of nitrogens with two attached hydrogens (primary N) is 1. The van der Waals surface area contributed by atoms with E-state index in [0.29, 0.717) is 18.6 Å². The van der Waals surface area contributed by atoms with Crippen molar-refractivity contribution in [2.45, 2.75) is 45.7 Å². The van der Waals surface area contributed by atoms with Crippen LogP contribution in [0.2, 0.25) is 0 Å². The van der Waals surface area contributed by atoms with Crippen LogP contribution in [0.25, 0.3) is 0 Å². The van der Waals surface area contributed by atoms with Gasteiger partial charge in [0.05, 0.1) is 0 Å². The van der Waals surface area contributed by atoms with Gasteiger partial charge in [-0.2, -0.15) is 0 Å². The minimum Gasteiger partial charge on any atom is -0.396 e. The van der Waals surface area contributed by atoms with E-state index in [1.807, 2.05) is 0 Å². The lowest BCUT2D eigenvalue weighted by molar-refractivity contribution is 0.137. The van der Waals surface area contributed by atoms with Gasteiger partial charge >= 0.3 is 0 Å². The molecule has 0 aromatic rings. The van der Waals surface area contributed by atoms with Gasteiger partial charge in [0.15, 0.2) is 0 Å². The first-order valence-electron chi connectivity index (χ1n) is 5.24. The van der Waals surface area contributed by atoms with Gasteiger partial charge in [-0.15, -0.1) is 0 Å². The molecule has 80 valence electrons. The Balaban J connectivity index is 4.04. The molecule has 1 atom stereocenters. The average Bonchev–Trinajstić information content (AvgIpc) is 2.11. The van der Waals surface area contributed by atoms with E-state index < -0.39 is 0 Å². The van der Waals surface area contributed by atoms with Gasteiger partial charge in [-0.05, 0) is 26.7 Å². The molecule has 3 heteroatoms. The molecule has 13 heavy (non-hydrogen) atoms. The van der Waals surface area contributed by atoms with Crippen molar-refractivity contribution in [1.82, 2.24) is 4.90 Å². The van der Waals surface area contributed by atoms with Gasteiger partial charge in [0.1, 0.15) is 0 Å². The average molecular weight is 188 g/mol. The molecular formula is C10H24N2O. The first-order valence-corrected chi connectivity index (χ1v) is 5.24. The van der Waals surface area contributed by atoms with Crippen molar-refractivity contribution in [3.8, 4) is 0 Å². The highest BCUT2D eigenvalue weighted by molar-refractivity contribution is 4.74. The lowest BCUT2D eigenvalue weighted by Gasteiger charge is -2.33. The van der Waals surface area contributed by atoms with Gasteiger partial charge in [-0.3, -0.25) is 4.90 Å². The van der Waals surface area contributed by atoms with Gasteiger partial charge in [-0.1, -0.05) is 6.92 Å². The Morgan fingerprint density at radius 2 is 2.00 bits per heavy atom. The smallest absolute Gasteiger partial charge is 0.0443 e. The molecule has 0 saturated carbocycles. The van der Waals surface area contributed by atoms with Crippen LogP contribution in [0.1, 0.15) is 33.6 Å². The molecule has 0 aromatic heterocycles. The van der Waals surface area contributed by atoms with Crippen LogP contribution in [0.3, 0.4) is 0 Å². The number of hydrogen-bond donors (Lipinski definition) is 2. The third kappa shape index (κ3) is 4.60. The summed E-state index contributed by atoms with van der Waals surface area (Å²) in [6, 6.07) is 0.978. The van der Waals surface area contributed by atoms with E-state index in [9.17, 15) is 0 Å². The summed E-state index contributed by atoms with van der Waals surface area (Å²) in [6.07, 6.45) is 1.93. The summed E-state index contributed by atoms with van der Waals surface area (Å²) in [4.78, 5) is 2.37. The molecule has 0 spiro atoms. The van der Waals surface area contributed by atoms with E-state index in [4.69, 9.17) is 10.8 Å². The molecule has 0 aliphatic carbocycles. The van der Waals surface area contributed by atoms with E-state index in [0.717, 1.165) is 19.4 Å². The van der Waals surface area contributed by atoms with Crippen molar-refractivity contribution in [2.75, 3.05) is 19.7 Å². The molecule has 3 nitrogen and oxygen atoms in total. The summed E-state index contributed by atoms with van der Waals surface area (Å²) in [6.45, 7) is 8.44. The Morgan fingerprint density at radius 3 is 2.31 bits per heavy atom. The fraction of sp³-hybridized carbons (Fsp3) is 1.00. The largest absolute Gasteiger partial charge is 0.396 e. The van der Waals surface area contributed by atoms with Crippen LogP contribution in [-0.2, 0) is 0 Å². The maximum Gasteiger partial charge on any atom is 0.0443 e. The van der Waals surface area contributed by atoms with Gasteiger partial charge < -0.3 is 10.8 Å². The third-order valence-electron chi connectivity index (χ3n) is 2.45. The van der Waals surface area contributed by atoms with Crippen LogP contribution in [0.15, 0.2) is 0 Å². The maximum atomic E-state index is 8.77. The van der Waals surface area contributed by atoms with Crippen LogP contribution >= 0.6 is 0 Å². The monoisotopic (exact) mass is 188 g/mol. The van der Waals surface area contributed by atoms with Gasteiger partial charge in [0.2, 0.25) is 0 Å². The van der Waals surface area contributed by atoms with Gasteiger partial charge in [-0.25, -0.2) is 0 Å². The predicted octanol–water partition coefficient (Wildman–Crippen LogP) is 0.816. The van der Waals surface area contributed by atoms with E-state index in [1.165, 1.54) is 0 Å². The predicted molar refractivity (Wildman–Crippen MR) is 56.7 cm³/mol. The van der Waals surface area contributed by atoms with Crippen LogP contribution < -0.4 is 5.73 Å². The molecule has 0 aliphatic heterocycles. The van der Waals surface area contributed by atoms with E-state index in [-0.39, 0.29) is 6.61 Å². The first kappa shape index (κ1) is 12.9. The second-order valence-corrected chi connectivity index (χ2v) is 3.71. The zero-order chi connectivity index (χ0) is 10.3. The second-order valence-electron chi connectivity index (χ2n) is 3.71. The Labute approximate surface area is 81.9 Å². The van der Waals surface area contributed by atoms with Crippen molar-refractivity contribution in [3.05, 3.63) is 0 Å². The number of rotatable bonds is 7. The first-order chi connectivity index (χ1) is 6.17. The number of nitrogens with zero attached hydrogens (tertiary/aromatic N) is 1. The molecule has 3 N–H and O–H groups in total. The van der Waals surface area contributed by atoms with E-state index in [2.05, 4.69) is 25.7 Å². The van der Waals surface area contributed by atoms with Crippen LogP contribution in [-0.4, -0.2) is 41.8 Å². The lowest BCUT2D eigenvalue weighted by atomic mass is 10.1. The van der Waals surface area contributed by atoms with Crippen molar-refractivity contribution in [2.24, 2.45) is 5.73 Å². The molecule has 0 fully saturated rings. The van der Waals surface area contributed by atoms with Crippen molar-refractivity contribution < 1.29 is 5.11 Å². The number of aliphatic hydroxyl groups is 1. The summed E-state index contributed by atoms with van der Waals surface area (Å²) >= 11 is 0. The number of aliphatic hydroxyl groups excluding tert-OH is 1. The molecule has 0 aliphatic rings. The van der Waals surface area contributed by atoms with Crippen molar-refractivity contribution in [1.29, 1.82) is 0 Å². The molecule has 0 saturated heterocycles. The quantitative estimate of drug-likeness (QED) is 0.622. The van der Waals surface area contributed by atoms with Gasteiger partial charge in [0.25, 0.3) is 0 Å². The molecule has 0 amide bonds. The van der Waals surface area contributed by atoms with Crippen LogP contribution in [0, 0.1) is 0 Å². The summed E-state index contributed by atoms with van der Waals surface area (Å²) in [5.41, 5.74) is 5.69.